The summed E-state index contributed by atoms with van der Waals surface area (Å²) in [6.45, 7) is 0. The molecule has 2 aliphatic rings. The number of benzene rings is 1. The number of nitrogens with zero attached hydrogens (tertiary/aromatic N) is 5. The molecule has 0 spiro atoms. The van der Waals surface area contributed by atoms with Crippen LogP contribution in [0.25, 0.3) is 5.69 Å². The van der Waals surface area contributed by atoms with Crippen molar-refractivity contribution in [2.24, 2.45) is 0 Å². The van der Waals surface area contributed by atoms with Crippen LogP contribution in [0.2, 0.25) is 0 Å². The number of tetrazole rings is 1. The van der Waals surface area contributed by atoms with Gasteiger partial charge in [-0.2, -0.15) is 4.68 Å². The Morgan fingerprint density at radius 2 is 2.03 bits per heavy atom. The number of nitrogens with one attached hydrogen (secondary N) is 1. The number of thioether (sulfide) groups is 2. The molecule has 35 heavy (non-hydrogen) atoms. The lowest BCUT2D eigenvalue weighted by Gasteiger charge is -2.49. The van der Waals surface area contributed by atoms with E-state index in [-0.39, 0.29) is 27.8 Å². The molecule has 4 heterocycles. The Morgan fingerprint density at radius 1 is 1.23 bits per heavy atom. The average Bonchev–Trinajstić information content (AvgIpc) is 3.49. The Kier molecular flexibility index (Phi) is 6.73. The number of para-hydroxylation sites is 1. The molecule has 2 aliphatic heterocycles. The standard InChI is InChI=1S/C20H16N6O5S4/c27-13(6-12-9-34-20(31)35-12)21-14-16(28)25-15(18(29)30)10(7-32-17(14)25)8-33-19-22-23-24-26(19)11-4-2-1-3-5-11/h1-5,9,14,17H,6-8H2,(H,21,27)(H,29,30). The van der Waals surface area contributed by atoms with Crippen LogP contribution in [0.3, 0.4) is 0 Å². The summed E-state index contributed by atoms with van der Waals surface area (Å²) in [5, 5.41) is 25.9. The lowest BCUT2D eigenvalue weighted by molar-refractivity contribution is -0.150. The normalized spacial score (nSPS) is 19.3. The highest BCUT2D eigenvalue weighted by Crippen LogP contribution is 2.41. The van der Waals surface area contributed by atoms with Gasteiger partial charge < -0.3 is 10.4 Å². The predicted molar refractivity (Wildman–Crippen MR) is 132 cm³/mol. The number of aliphatic carboxylic acids is 1. The zero-order valence-corrected chi connectivity index (χ0v) is 21.0. The number of hydrogen-bond acceptors (Lipinski definition) is 11. The van der Waals surface area contributed by atoms with E-state index in [1.54, 1.807) is 10.1 Å². The molecule has 2 amide bonds. The molecular formula is C20H16N6O5S4. The molecule has 1 aromatic carbocycles. The Balaban J connectivity index is 1.28. The molecule has 15 heteroatoms. The summed E-state index contributed by atoms with van der Waals surface area (Å²) in [5.74, 6) is -1.38. The molecule has 1 saturated heterocycles. The van der Waals surface area contributed by atoms with E-state index in [2.05, 4.69) is 20.8 Å². The van der Waals surface area contributed by atoms with Gasteiger partial charge in [-0.3, -0.25) is 19.3 Å². The van der Waals surface area contributed by atoms with E-state index in [1.165, 1.54) is 28.4 Å². The van der Waals surface area contributed by atoms with Gasteiger partial charge in [0.1, 0.15) is 17.1 Å². The first-order valence-electron chi connectivity index (χ1n) is 10.2. The van der Waals surface area contributed by atoms with Gasteiger partial charge in [0, 0.05) is 21.8 Å². The van der Waals surface area contributed by atoms with E-state index in [9.17, 15) is 24.3 Å². The third kappa shape index (κ3) is 4.76. The van der Waals surface area contributed by atoms with Crippen molar-refractivity contribution in [2.45, 2.75) is 23.0 Å². The molecule has 2 unspecified atom stereocenters. The van der Waals surface area contributed by atoms with Gasteiger partial charge in [-0.1, -0.05) is 52.6 Å². The Hall–Kier alpha value is -3.01. The first kappa shape index (κ1) is 23.7. The minimum atomic E-state index is -1.20. The second-order valence-electron chi connectivity index (χ2n) is 7.44. The van der Waals surface area contributed by atoms with Gasteiger partial charge in [-0.05, 0) is 28.1 Å². The minimum Gasteiger partial charge on any atom is -0.477 e. The number of carboxylic acid groups (broad SMARTS) is 1. The van der Waals surface area contributed by atoms with Gasteiger partial charge in [-0.25, -0.2) is 4.79 Å². The smallest absolute Gasteiger partial charge is 0.352 e. The fourth-order valence-corrected chi connectivity index (χ4v) is 7.77. The fourth-order valence-electron chi connectivity index (χ4n) is 3.68. The second kappa shape index (κ2) is 9.93. The van der Waals surface area contributed by atoms with Gasteiger partial charge in [0.25, 0.3) is 9.96 Å². The number of hydrogen-bond donors (Lipinski definition) is 2. The third-order valence-electron chi connectivity index (χ3n) is 5.22. The number of carbonyl (C=O) groups is 3. The highest BCUT2D eigenvalue weighted by molar-refractivity contribution is 8.01. The summed E-state index contributed by atoms with van der Waals surface area (Å²) < 4.78 is 1.47. The van der Waals surface area contributed by atoms with Crippen molar-refractivity contribution >= 4 is 64.0 Å². The zero-order chi connectivity index (χ0) is 24.5. The molecule has 2 atom stereocenters. The molecule has 1 fully saturated rings. The summed E-state index contributed by atoms with van der Waals surface area (Å²) in [6, 6.07) is 8.51. The molecule has 2 N–H and O–H groups in total. The van der Waals surface area contributed by atoms with Crippen molar-refractivity contribution < 1.29 is 19.5 Å². The molecular weight excluding hydrogens is 533 g/mol. The van der Waals surface area contributed by atoms with Crippen molar-refractivity contribution in [1.82, 2.24) is 30.4 Å². The highest BCUT2D eigenvalue weighted by Gasteiger charge is 2.54. The lowest BCUT2D eigenvalue weighted by atomic mass is 10.0. The van der Waals surface area contributed by atoms with Crippen LogP contribution in [0.5, 0.6) is 0 Å². The van der Waals surface area contributed by atoms with Crippen molar-refractivity contribution in [2.75, 3.05) is 11.5 Å². The molecule has 0 aliphatic carbocycles. The number of aromatic nitrogens is 4. The summed E-state index contributed by atoms with van der Waals surface area (Å²) in [5.41, 5.74) is 1.29. The van der Waals surface area contributed by atoms with Crippen molar-refractivity contribution in [3.63, 3.8) is 0 Å². The maximum atomic E-state index is 12.8. The predicted octanol–water partition coefficient (Wildman–Crippen LogP) is 1.22. The summed E-state index contributed by atoms with van der Waals surface area (Å²) in [4.78, 5) is 50.5. The maximum absolute atomic E-state index is 12.8. The molecule has 180 valence electrons. The van der Waals surface area contributed by atoms with Crippen molar-refractivity contribution in [1.29, 1.82) is 0 Å². The van der Waals surface area contributed by atoms with Crippen molar-refractivity contribution in [3.8, 4) is 5.69 Å². The van der Waals surface area contributed by atoms with E-state index in [1.807, 2.05) is 30.3 Å². The minimum absolute atomic E-state index is 0.00419. The Labute approximate surface area is 214 Å². The van der Waals surface area contributed by atoms with Crippen LogP contribution < -0.4 is 9.37 Å². The van der Waals surface area contributed by atoms with E-state index in [0.717, 1.165) is 28.4 Å². The summed E-state index contributed by atoms with van der Waals surface area (Å²) >= 11 is 4.70. The van der Waals surface area contributed by atoms with Crippen LogP contribution in [0, 0.1) is 0 Å². The maximum Gasteiger partial charge on any atom is 0.352 e. The molecule has 3 aromatic rings. The number of β-lactam (4-membered cyclic amide) rings is 1. The van der Waals surface area contributed by atoms with Gasteiger partial charge in [0.2, 0.25) is 11.1 Å². The molecule has 2 aromatic heterocycles. The lowest BCUT2D eigenvalue weighted by Crippen LogP contribution is -2.70. The zero-order valence-electron chi connectivity index (χ0n) is 17.7. The van der Waals surface area contributed by atoms with Crippen molar-refractivity contribution in [3.05, 3.63) is 60.7 Å². The first-order valence-corrected chi connectivity index (χ1v) is 13.9. The third-order valence-corrected chi connectivity index (χ3v) is 9.54. The molecule has 0 bridgehead atoms. The van der Waals surface area contributed by atoms with E-state index in [4.69, 9.17) is 0 Å². The van der Waals surface area contributed by atoms with Crippen LogP contribution in [0.15, 0.2) is 56.9 Å². The van der Waals surface area contributed by atoms with Gasteiger partial charge in [0.05, 0.1) is 12.1 Å². The van der Waals surface area contributed by atoms with Gasteiger partial charge >= 0.3 is 5.97 Å². The number of carboxylic acids is 1. The summed E-state index contributed by atoms with van der Waals surface area (Å²) in [7, 11) is 0. The number of amides is 2. The Morgan fingerprint density at radius 3 is 2.74 bits per heavy atom. The topological polar surface area (TPSA) is 147 Å². The van der Waals surface area contributed by atoms with E-state index >= 15 is 0 Å². The van der Waals surface area contributed by atoms with Crippen LogP contribution in [0.4, 0.5) is 0 Å². The highest BCUT2D eigenvalue weighted by atomic mass is 32.2. The largest absolute Gasteiger partial charge is 0.477 e. The van der Waals surface area contributed by atoms with Gasteiger partial charge in [0.15, 0.2) is 0 Å². The second-order valence-corrected chi connectivity index (χ2v) is 11.7. The molecule has 5 rings (SSSR count). The molecule has 11 nitrogen and oxygen atoms in total. The van der Waals surface area contributed by atoms with Crippen LogP contribution in [0.1, 0.15) is 4.88 Å². The van der Waals surface area contributed by atoms with E-state index < -0.39 is 23.3 Å². The molecule has 0 radical (unpaired) electrons. The number of rotatable bonds is 8. The van der Waals surface area contributed by atoms with Crippen LogP contribution in [-0.2, 0) is 20.8 Å². The van der Waals surface area contributed by atoms with E-state index in [0.29, 0.717) is 21.4 Å². The average molecular weight is 549 g/mol. The number of carbonyl (C=O) groups excluding carboxylic acids is 2. The fraction of sp³-hybridized carbons (Fsp3) is 0.250. The summed E-state index contributed by atoms with van der Waals surface area (Å²) in [6.07, 6.45) is 0.00419. The van der Waals surface area contributed by atoms with Crippen LogP contribution in [-0.4, -0.2) is 70.9 Å². The quantitative estimate of drug-likeness (QED) is 0.311. The monoisotopic (exact) mass is 548 g/mol. The van der Waals surface area contributed by atoms with Crippen LogP contribution >= 0.6 is 46.2 Å². The molecule has 0 saturated carbocycles. The number of fused-ring (bicyclic) bond motifs is 1. The first-order chi connectivity index (χ1) is 16.9. The SMILES string of the molecule is O=C(Cc1csc(=O)s1)NC1C(=O)N2C(C(=O)O)=C(CSc3nnnn3-c3ccccc3)CSC12. The van der Waals surface area contributed by atoms with Gasteiger partial charge in [-0.15, -0.1) is 16.9 Å². The Bertz CT molecular complexity index is 1380.